The normalized spacial score (nSPS) is 51.3. The molecule has 0 aromatic carbocycles. The van der Waals surface area contributed by atoms with E-state index in [1.165, 1.54) is 12.2 Å². The largest absolute Gasteiger partial charge is 0.393 e. The van der Waals surface area contributed by atoms with E-state index in [0.29, 0.717) is 12.0 Å². The summed E-state index contributed by atoms with van der Waals surface area (Å²) in [5, 5.41) is 31.6. The molecule has 3 N–H and O–H groups in total. The van der Waals surface area contributed by atoms with Gasteiger partial charge in [0, 0.05) is 16.7 Å². The van der Waals surface area contributed by atoms with Crippen LogP contribution in [0.25, 0.3) is 0 Å². The van der Waals surface area contributed by atoms with Gasteiger partial charge in [-0.1, -0.05) is 19.9 Å². The second-order valence-electron chi connectivity index (χ2n) is 9.29. The molecule has 27 heavy (non-hydrogen) atoms. The van der Waals surface area contributed by atoms with Gasteiger partial charge < -0.3 is 15.3 Å². The van der Waals surface area contributed by atoms with E-state index < -0.39 is 41.1 Å². The van der Waals surface area contributed by atoms with Crippen molar-refractivity contribution in [2.45, 2.75) is 57.4 Å². The number of allylic oxidation sites excluding steroid dienone is 4. The first-order valence-corrected chi connectivity index (χ1v) is 9.72. The number of carbonyl (C=O) groups excluding carboxylic acids is 2. The van der Waals surface area contributed by atoms with E-state index in [1.54, 1.807) is 13.0 Å². The summed E-state index contributed by atoms with van der Waals surface area (Å²) in [5.41, 5.74) is -2.92. The highest BCUT2D eigenvalue weighted by Crippen LogP contribution is 2.67. The number of Topliss-reactive ketones (excluding diaryl/α,β-unsaturated/α-hetero) is 1. The lowest BCUT2D eigenvalue weighted by atomic mass is 9.46. The van der Waals surface area contributed by atoms with Gasteiger partial charge in [0.2, 0.25) is 0 Å². The Morgan fingerprint density at radius 1 is 1.37 bits per heavy atom. The van der Waals surface area contributed by atoms with Crippen molar-refractivity contribution >= 4 is 11.6 Å². The number of aliphatic hydroxyl groups excluding tert-OH is 2. The van der Waals surface area contributed by atoms with Crippen molar-refractivity contribution in [3.63, 3.8) is 0 Å². The predicted molar refractivity (Wildman–Crippen MR) is 95.3 cm³/mol. The standard InChI is InChI=1S/C21H27FO5/c1-19-5-3-11(24)7-14(19)15(22)8-12-13-4-6-21(27,17(26)10-23)20(13,2)9-16(25)18(12)19/h3,5,7,12-13,15-16,18,23,25,27H,4,6,8-10H2,1-2H3/t12?,13?,15-,16?,18?,19?,20?,21?/m0/s1. The second-order valence-corrected chi connectivity index (χ2v) is 9.29. The number of hydrogen-bond donors (Lipinski definition) is 3. The minimum absolute atomic E-state index is 0.131. The fraction of sp³-hybridized carbons (Fsp3) is 0.714. The maximum Gasteiger partial charge on any atom is 0.190 e. The molecule has 4 rings (SSSR count). The van der Waals surface area contributed by atoms with E-state index in [9.17, 15) is 24.9 Å². The molecular formula is C21H27FO5. The van der Waals surface area contributed by atoms with Gasteiger partial charge in [0.05, 0.1) is 6.10 Å². The van der Waals surface area contributed by atoms with Crippen LogP contribution < -0.4 is 0 Å². The third-order valence-corrected chi connectivity index (χ3v) is 8.23. The summed E-state index contributed by atoms with van der Waals surface area (Å²) in [6, 6.07) is 0. The molecule has 3 saturated carbocycles. The van der Waals surface area contributed by atoms with Gasteiger partial charge in [0.25, 0.3) is 0 Å². The molecule has 7 unspecified atom stereocenters. The van der Waals surface area contributed by atoms with Gasteiger partial charge in [-0.2, -0.15) is 0 Å². The maximum atomic E-state index is 15.1. The minimum Gasteiger partial charge on any atom is -0.393 e. The molecule has 0 bridgehead atoms. The van der Waals surface area contributed by atoms with E-state index in [1.807, 2.05) is 6.92 Å². The lowest BCUT2D eigenvalue weighted by Gasteiger charge is -2.60. The molecule has 5 nitrogen and oxygen atoms in total. The smallest absolute Gasteiger partial charge is 0.190 e. The highest BCUT2D eigenvalue weighted by Gasteiger charge is 2.68. The molecule has 4 aliphatic rings. The van der Waals surface area contributed by atoms with Crippen LogP contribution >= 0.6 is 0 Å². The Morgan fingerprint density at radius 3 is 2.74 bits per heavy atom. The van der Waals surface area contributed by atoms with Crippen LogP contribution in [0.15, 0.2) is 23.8 Å². The van der Waals surface area contributed by atoms with Crippen LogP contribution in [-0.2, 0) is 9.59 Å². The topological polar surface area (TPSA) is 94.8 Å². The highest BCUT2D eigenvalue weighted by atomic mass is 19.1. The zero-order valence-electron chi connectivity index (χ0n) is 15.7. The SMILES string of the molecule is CC12C=CC(=O)C=C1[C@@H](F)CC1C2C(O)CC2(C)C1CCC2(O)C(=O)CO. The zero-order valence-corrected chi connectivity index (χ0v) is 15.7. The van der Waals surface area contributed by atoms with Gasteiger partial charge in [0.15, 0.2) is 11.6 Å². The molecule has 0 heterocycles. The zero-order chi connectivity index (χ0) is 19.8. The van der Waals surface area contributed by atoms with E-state index in [2.05, 4.69) is 0 Å². The van der Waals surface area contributed by atoms with Crippen molar-refractivity contribution in [1.82, 2.24) is 0 Å². The van der Waals surface area contributed by atoms with E-state index in [4.69, 9.17) is 0 Å². The molecule has 6 heteroatoms. The Hall–Kier alpha value is -1.37. The lowest BCUT2D eigenvalue weighted by Crippen LogP contribution is -2.62. The van der Waals surface area contributed by atoms with Gasteiger partial charge in [0.1, 0.15) is 18.4 Å². The first kappa shape index (κ1) is 19.0. The summed E-state index contributed by atoms with van der Waals surface area (Å²) in [7, 11) is 0. The van der Waals surface area contributed by atoms with Gasteiger partial charge in [-0.25, -0.2) is 4.39 Å². The number of halogens is 1. The van der Waals surface area contributed by atoms with Crippen molar-refractivity contribution in [1.29, 1.82) is 0 Å². The summed E-state index contributed by atoms with van der Waals surface area (Å²) in [5.74, 6) is -1.48. The number of carbonyl (C=O) groups is 2. The third-order valence-electron chi connectivity index (χ3n) is 8.23. The molecule has 0 amide bonds. The van der Waals surface area contributed by atoms with Gasteiger partial charge in [-0.15, -0.1) is 0 Å². The molecule has 0 radical (unpaired) electrons. The van der Waals surface area contributed by atoms with Crippen molar-refractivity contribution < 1.29 is 29.3 Å². The molecule has 4 aliphatic carbocycles. The summed E-state index contributed by atoms with van der Waals surface area (Å²) < 4.78 is 15.1. The van der Waals surface area contributed by atoms with E-state index >= 15 is 4.39 Å². The molecule has 8 atom stereocenters. The molecular weight excluding hydrogens is 351 g/mol. The summed E-state index contributed by atoms with van der Waals surface area (Å²) >= 11 is 0. The minimum atomic E-state index is -1.69. The summed E-state index contributed by atoms with van der Waals surface area (Å²) in [4.78, 5) is 24.1. The molecule has 148 valence electrons. The number of aliphatic hydroxyl groups is 3. The number of ketones is 2. The van der Waals surface area contributed by atoms with Crippen LogP contribution in [0, 0.1) is 28.6 Å². The Labute approximate surface area is 158 Å². The maximum absolute atomic E-state index is 15.1. The van der Waals surface area contributed by atoms with Gasteiger partial charge in [-0.05, 0) is 55.2 Å². The molecule has 0 aliphatic heterocycles. The van der Waals surface area contributed by atoms with Crippen LogP contribution in [-0.4, -0.2) is 51.4 Å². The van der Waals surface area contributed by atoms with Crippen LogP contribution in [0.2, 0.25) is 0 Å². The molecule has 0 aromatic rings. The first-order valence-electron chi connectivity index (χ1n) is 9.72. The Kier molecular flexibility index (Phi) is 4.09. The van der Waals surface area contributed by atoms with Crippen LogP contribution in [0.3, 0.4) is 0 Å². The number of rotatable bonds is 2. The molecule has 3 fully saturated rings. The monoisotopic (exact) mass is 378 g/mol. The summed E-state index contributed by atoms with van der Waals surface area (Å²) in [6.45, 7) is 2.92. The van der Waals surface area contributed by atoms with Crippen LogP contribution in [0.5, 0.6) is 0 Å². The van der Waals surface area contributed by atoms with Crippen LogP contribution in [0.4, 0.5) is 4.39 Å². The fourth-order valence-corrected chi connectivity index (χ4v) is 6.93. The molecule has 0 aromatic heterocycles. The van der Waals surface area contributed by atoms with Crippen LogP contribution in [0.1, 0.15) is 39.5 Å². The number of fused-ring (bicyclic) bond motifs is 5. The Morgan fingerprint density at radius 2 is 2.07 bits per heavy atom. The quantitative estimate of drug-likeness (QED) is 0.677. The molecule has 0 spiro atoms. The number of alkyl halides is 1. The Balaban J connectivity index is 1.78. The van der Waals surface area contributed by atoms with Crippen molar-refractivity contribution in [2.24, 2.45) is 28.6 Å². The lowest BCUT2D eigenvalue weighted by molar-refractivity contribution is -0.180. The third kappa shape index (κ3) is 2.26. The first-order chi connectivity index (χ1) is 12.6. The average Bonchev–Trinajstić information content (AvgIpc) is 2.87. The predicted octanol–water partition coefficient (Wildman–Crippen LogP) is 1.51. The molecule has 0 saturated heterocycles. The number of hydrogen-bond acceptors (Lipinski definition) is 5. The Bertz CT molecular complexity index is 760. The average molecular weight is 378 g/mol. The van der Waals surface area contributed by atoms with Crippen molar-refractivity contribution in [3.8, 4) is 0 Å². The van der Waals surface area contributed by atoms with Gasteiger partial charge in [-0.3, -0.25) is 9.59 Å². The van der Waals surface area contributed by atoms with Crippen molar-refractivity contribution in [3.05, 3.63) is 23.8 Å². The summed E-state index contributed by atoms with van der Waals surface area (Å²) in [6.07, 6.45) is 3.55. The highest BCUT2D eigenvalue weighted by molar-refractivity contribution is 6.01. The fourth-order valence-electron chi connectivity index (χ4n) is 6.93. The van der Waals surface area contributed by atoms with E-state index in [-0.39, 0.29) is 42.8 Å². The second kappa shape index (κ2) is 5.82. The van der Waals surface area contributed by atoms with Gasteiger partial charge >= 0.3 is 0 Å². The van der Waals surface area contributed by atoms with Crippen molar-refractivity contribution in [2.75, 3.05) is 6.61 Å². The van der Waals surface area contributed by atoms with E-state index in [0.717, 1.165) is 0 Å².